The minimum absolute atomic E-state index is 0.159. The Bertz CT molecular complexity index is 490. The fraction of sp³-hybridized carbons (Fsp3) is 0.625. The predicted octanol–water partition coefficient (Wildman–Crippen LogP) is 4.04. The molecule has 0 bridgehead atoms. The van der Waals surface area contributed by atoms with Crippen LogP contribution in [0.15, 0.2) is 18.2 Å². The maximum atomic E-state index is 11.1. The minimum atomic E-state index is -0.317. The molecule has 1 aromatic carbocycles. The van der Waals surface area contributed by atoms with Gasteiger partial charge in [-0.1, -0.05) is 19.8 Å². The van der Waals surface area contributed by atoms with Crippen LogP contribution in [0.4, 0.5) is 17.1 Å². The number of hydrogen-bond donors (Lipinski definition) is 1. The van der Waals surface area contributed by atoms with Crippen LogP contribution >= 0.6 is 0 Å². The summed E-state index contributed by atoms with van der Waals surface area (Å²) < 4.78 is 0. The Morgan fingerprint density at radius 3 is 2.81 bits per heavy atom. The zero-order chi connectivity index (χ0) is 15.2. The fourth-order valence-electron chi connectivity index (χ4n) is 3.15. The van der Waals surface area contributed by atoms with Crippen LogP contribution in [0.1, 0.15) is 39.0 Å². The van der Waals surface area contributed by atoms with Crippen LogP contribution in [0.25, 0.3) is 0 Å². The van der Waals surface area contributed by atoms with Gasteiger partial charge >= 0.3 is 0 Å². The summed E-state index contributed by atoms with van der Waals surface area (Å²) >= 11 is 0. The maximum Gasteiger partial charge on any atom is 0.273 e. The zero-order valence-electron chi connectivity index (χ0n) is 13.0. The highest BCUT2D eigenvalue weighted by Crippen LogP contribution is 2.30. The van der Waals surface area contributed by atoms with Gasteiger partial charge in [0.1, 0.15) is 0 Å². The Hall–Kier alpha value is -1.78. The van der Waals surface area contributed by atoms with E-state index in [-0.39, 0.29) is 10.6 Å². The predicted molar refractivity (Wildman–Crippen MR) is 87.1 cm³/mol. The summed E-state index contributed by atoms with van der Waals surface area (Å²) in [5, 5.41) is 14.1. The van der Waals surface area contributed by atoms with Gasteiger partial charge in [0.05, 0.1) is 4.92 Å². The number of nitrogens with zero attached hydrogens (tertiary/aromatic N) is 2. The van der Waals surface area contributed by atoms with Crippen LogP contribution in [0, 0.1) is 16.0 Å². The van der Waals surface area contributed by atoms with E-state index in [4.69, 9.17) is 0 Å². The van der Waals surface area contributed by atoms with Crippen molar-refractivity contribution in [1.29, 1.82) is 0 Å². The molecule has 1 aromatic rings. The molecule has 5 heteroatoms. The van der Waals surface area contributed by atoms with Gasteiger partial charge in [-0.15, -0.1) is 0 Å². The van der Waals surface area contributed by atoms with Gasteiger partial charge < -0.3 is 10.2 Å². The van der Waals surface area contributed by atoms with Gasteiger partial charge in [0, 0.05) is 43.6 Å². The second-order valence-electron chi connectivity index (χ2n) is 5.82. The van der Waals surface area contributed by atoms with Gasteiger partial charge in [0.2, 0.25) is 0 Å². The molecule has 0 spiro atoms. The molecule has 1 atom stereocenters. The standard InChI is InChI=1S/C16H25N3O2/c1-3-5-13-6-4-8-18(9-7-13)15-10-14(17-2)11-16(12-15)19(20)21/h10-13,17H,3-9H2,1-2H3. The summed E-state index contributed by atoms with van der Waals surface area (Å²) in [6.45, 7) is 4.22. The van der Waals surface area contributed by atoms with Gasteiger partial charge in [-0.05, 0) is 31.2 Å². The quantitative estimate of drug-likeness (QED) is 0.657. The van der Waals surface area contributed by atoms with Gasteiger partial charge in [-0.3, -0.25) is 10.1 Å². The van der Waals surface area contributed by atoms with Crippen molar-refractivity contribution in [2.45, 2.75) is 39.0 Å². The molecule has 2 rings (SSSR count). The van der Waals surface area contributed by atoms with Crippen molar-refractivity contribution < 1.29 is 4.92 Å². The Balaban J connectivity index is 2.16. The lowest BCUT2D eigenvalue weighted by molar-refractivity contribution is -0.384. The molecule has 0 saturated carbocycles. The number of nitro groups is 1. The maximum absolute atomic E-state index is 11.1. The van der Waals surface area contributed by atoms with Gasteiger partial charge in [0.25, 0.3) is 5.69 Å². The number of hydrogen-bond acceptors (Lipinski definition) is 4. The second kappa shape index (κ2) is 7.29. The number of benzene rings is 1. The Kier molecular flexibility index (Phi) is 5.42. The van der Waals surface area contributed by atoms with Crippen molar-refractivity contribution in [3.05, 3.63) is 28.3 Å². The van der Waals surface area contributed by atoms with E-state index in [1.165, 1.54) is 32.1 Å². The molecule has 1 aliphatic heterocycles. The third kappa shape index (κ3) is 4.09. The largest absolute Gasteiger partial charge is 0.388 e. The third-order valence-corrected chi connectivity index (χ3v) is 4.31. The smallest absolute Gasteiger partial charge is 0.273 e. The Morgan fingerprint density at radius 1 is 1.33 bits per heavy atom. The molecule has 0 amide bonds. The topological polar surface area (TPSA) is 58.4 Å². The fourth-order valence-corrected chi connectivity index (χ4v) is 3.15. The van der Waals surface area contributed by atoms with Crippen molar-refractivity contribution in [3.63, 3.8) is 0 Å². The summed E-state index contributed by atoms with van der Waals surface area (Å²) in [6, 6.07) is 5.29. The first-order chi connectivity index (χ1) is 10.1. The molecule has 1 fully saturated rings. The van der Waals surface area contributed by atoms with Crippen LogP contribution in [0.2, 0.25) is 0 Å². The molecule has 0 radical (unpaired) electrons. The lowest BCUT2D eigenvalue weighted by Crippen LogP contribution is -2.24. The molecule has 116 valence electrons. The first-order valence-corrected chi connectivity index (χ1v) is 7.86. The van der Waals surface area contributed by atoms with Crippen LogP contribution in [0.5, 0.6) is 0 Å². The molecule has 1 N–H and O–H groups in total. The summed E-state index contributed by atoms with van der Waals surface area (Å²) in [6.07, 6.45) is 6.17. The SMILES string of the molecule is CCCC1CCCN(c2cc(NC)cc([N+](=O)[O-])c2)CC1. The van der Waals surface area contributed by atoms with Crippen LogP contribution in [-0.2, 0) is 0 Å². The molecular weight excluding hydrogens is 266 g/mol. The molecule has 1 unspecified atom stereocenters. The molecule has 1 saturated heterocycles. The first kappa shape index (κ1) is 15.6. The van der Waals surface area contributed by atoms with E-state index in [9.17, 15) is 10.1 Å². The number of non-ortho nitro benzene ring substituents is 1. The Labute approximate surface area is 126 Å². The molecular formula is C16H25N3O2. The number of anilines is 2. The summed E-state index contributed by atoms with van der Waals surface area (Å²) in [5.74, 6) is 0.808. The highest BCUT2D eigenvalue weighted by atomic mass is 16.6. The van der Waals surface area contributed by atoms with Crippen LogP contribution in [0.3, 0.4) is 0 Å². The summed E-state index contributed by atoms with van der Waals surface area (Å²) in [5.41, 5.74) is 1.92. The summed E-state index contributed by atoms with van der Waals surface area (Å²) in [4.78, 5) is 13.0. The number of rotatable bonds is 5. The summed E-state index contributed by atoms with van der Waals surface area (Å²) in [7, 11) is 1.79. The van der Waals surface area contributed by atoms with E-state index in [0.717, 1.165) is 30.4 Å². The van der Waals surface area contributed by atoms with E-state index >= 15 is 0 Å². The molecule has 5 nitrogen and oxygen atoms in total. The normalized spacial score (nSPS) is 19.1. The highest BCUT2D eigenvalue weighted by molar-refractivity contribution is 5.64. The highest BCUT2D eigenvalue weighted by Gasteiger charge is 2.19. The van der Waals surface area contributed by atoms with Crippen molar-refractivity contribution >= 4 is 17.1 Å². The van der Waals surface area contributed by atoms with E-state index in [2.05, 4.69) is 17.1 Å². The van der Waals surface area contributed by atoms with Gasteiger partial charge in [-0.2, -0.15) is 0 Å². The van der Waals surface area contributed by atoms with E-state index in [1.807, 2.05) is 6.07 Å². The monoisotopic (exact) mass is 291 g/mol. The van der Waals surface area contributed by atoms with E-state index in [1.54, 1.807) is 19.2 Å². The number of nitro benzene ring substituents is 1. The Morgan fingerprint density at radius 2 is 2.14 bits per heavy atom. The molecule has 0 aliphatic carbocycles. The molecule has 21 heavy (non-hydrogen) atoms. The molecule has 1 aliphatic rings. The number of nitrogens with one attached hydrogen (secondary N) is 1. The van der Waals surface area contributed by atoms with Gasteiger partial charge in [-0.25, -0.2) is 0 Å². The van der Waals surface area contributed by atoms with Crippen molar-refractivity contribution in [3.8, 4) is 0 Å². The van der Waals surface area contributed by atoms with Crippen molar-refractivity contribution in [1.82, 2.24) is 0 Å². The minimum Gasteiger partial charge on any atom is -0.388 e. The average Bonchev–Trinajstić information content (AvgIpc) is 2.73. The first-order valence-electron chi connectivity index (χ1n) is 7.86. The third-order valence-electron chi connectivity index (χ3n) is 4.31. The lowest BCUT2D eigenvalue weighted by atomic mass is 9.96. The lowest BCUT2D eigenvalue weighted by Gasteiger charge is -2.23. The van der Waals surface area contributed by atoms with E-state index < -0.39 is 0 Å². The van der Waals surface area contributed by atoms with Crippen LogP contribution < -0.4 is 10.2 Å². The van der Waals surface area contributed by atoms with Crippen molar-refractivity contribution in [2.24, 2.45) is 5.92 Å². The second-order valence-corrected chi connectivity index (χ2v) is 5.82. The zero-order valence-corrected chi connectivity index (χ0v) is 13.0. The average molecular weight is 291 g/mol. The van der Waals surface area contributed by atoms with E-state index in [0.29, 0.717) is 0 Å². The van der Waals surface area contributed by atoms with Crippen LogP contribution in [-0.4, -0.2) is 25.1 Å². The van der Waals surface area contributed by atoms with Crippen molar-refractivity contribution in [2.75, 3.05) is 30.4 Å². The molecule has 1 heterocycles. The molecule has 0 aromatic heterocycles. The van der Waals surface area contributed by atoms with Gasteiger partial charge in [0.15, 0.2) is 0 Å².